The molecular weight excluding hydrogens is 342 g/mol. The van der Waals surface area contributed by atoms with Crippen LogP contribution in [0.25, 0.3) is 10.6 Å². The van der Waals surface area contributed by atoms with Crippen molar-refractivity contribution in [3.63, 3.8) is 0 Å². The summed E-state index contributed by atoms with van der Waals surface area (Å²) in [7, 11) is 0. The van der Waals surface area contributed by atoms with Crippen LogP contribution in [0.4, 0.5) is 5.95 Å². The molecule has 26 heavy (non-hydrogen) atoms. The highest BCUT2D eigenvalue weighted by atomic mass is 32.1. The molecule has 3 rings (SSSR count). The van der Waals surface area contributed by atoms with E-state index in [1.54, 1.807) is 11.3 Å². The van der Waals surface area contributed by atoms with Crippen molar-refractivity contribution >= 4 is 17.3 Å². The number of hydrogen-bond acceptors (Lipinski definition) is 6. The van der Waals surface area contributed by atoms with E-state index in [9.17, 15) is 0 Å². The summed E-state index contributed by atoms with van der Waals surface area (Å²) in [5, 5.41) is 6.93. The molecule has 1 fully saturated rings. The molecule has 2 aromatic heterocycles. The Labute approximate surface area is 160 Å². The fourth-order valence-electron chi connectivity index (χ4n) is 3.48. The molecule has 0 spiro atoms. The third kappa shape index (κ3) is 5.05. The zero-order chi connectivity index (χ0) is 18.9. The molecule has 6 heteroatoms. The first-order valence-corrected chi connectivity index (χ1v) is 9.85. The SMILES string of the molecule is C=C1CC(Nc2nccc(-c3ccc(CC(C)(C)N)s3)n2)CC(C)(C)N1. The van der Waals surface area contributed by atoms with Crippen molar-refractivity contribution in [2.24, 2.45) is 5.73 Å². The molecule has 1 aliphatic heterocycles. The molecule has 0 aliphatic carbocycles. The maximum atomic E-state index is 6.14. The number of aromatic nitrogens is 2. The van der Waals surface area contributed by atoms with Gasteiger partial charge in [-0.2, -0.15) is 0 Å². The number of rotatable bonds is 5. The van der Waals surface area contributed by atoms with Gasteiger partial charge in [0.1, 0.15) is 0 Å². The summed E-state index contributed by atoms with van der Waals surface area (Å²) in [5.74, 6) is 0.673. The van der Waals surface area contributed by atoms with E-state index < -0.39 is 0 Å². The van der Waals surface area contributed by atoms with Gasteiger partial charge in [0.15, 0.2) is 0 Å². The van der Waals surface area contributed by atoms with E-state index in [4.69, 9.17) is 10.7 Å². The van der Waals surface area contributed by atoms with Crippen molar-refractivity contribution in [1.29, 1.82) is 0 Å². The Morgan fingerprint density at radius 1 is 1.38 bits per heavy atom. The van der Waals surface area contributed by atoms with E-state index in [0.29, 0.717) is 5.95 Å². The van der Waals surface area contributed by atoms with Crippen LogP contribution in [0, 0.1) is 0 Å². The summed E-state index contributed by atoms with van der Waals surface area (Å²) in [5.41, 5.74) is 7.96. The third-order valence-electron chi connectivity index (χ3n) is 4.30. The Hall–Kier alpha value is -1.92. The van der Waals surface area contributed by atoms with Crippen molar-refractivity contribution in [3.8, 4) is 10.6 Å². The molecular formula is C20H29N5S. The topological polar surface area (TPSA) is 75.9 Å². The lowest BCUT2D eigenvalue weighted by Crippen LogP contribution is -2.48. The second kappa shape index (κ2) is 7.00. The fourth-order valence-corrected chi connectivity index (χ4v) is 4.69. The van der Waals surface area contributed by atoms with Gasteiger partial charge in [-0.15, -0.1) is 11.3 Å². The number of piperidine rings is 1. The first kappa shape index (κ1) is 18.9. The van der Waals surface area contributed by atoms with Crippen LogP contribution in [-0.2, 0) is 6.42 Å². The number of nitrogens with two attached hydrogens (primary N) is 1. The molecule has 0 bridgehead atoms. The first-order valence-electron chi connectivity index (χ1n) is 9.03. The van der Waals surface area contributed by atoms with E-state index in [1.807, 2.05) is 26.1 Å². The Bertz CT molecular complexity index is 787. The molecule has 5 nitrogen and oxygen atoms in total. The van der Waals surface area contributed by atoms with Crippen LogP contribution < -0.4 is 16.4 Å². The zero-order valence-electron chi connectivity index (χ0n) is 16.1. The van der Waals surface area contributed by atoms with Gasteiger partial charge in [-0.05, 0) is 58.7 Å². The van der Waals surface area contributed by atoms with Crippen molar-refractivity contribution in [2.45, 2.75) is 64.1 Å². The molecule has 1 unspecified atom stereocenters. The van der Waals surface area contributed by atoms with Crippen molar-refractivity contribution in [2.75, 3.05) is 5.32 Å². The average molecular weight is 372 g/mol. The Morgan fingerprint density at radius 3 is 2.85 bits per heavy atom. The van der Waals surface area contributed by atoms with Crippen LogP contribution in [0.15, 0.2) is 36.7 Å². The predicted octanol–water partition coefficient (Wildman–Crippen LogP) is 3.94. The number of thiophene rings is 1. The van der Waals surface area contributed by atoms with Gasteiger partial charge < -0.3 is 16.4 Å². The Balaban J connectivity index is 1.73. The summed E-state index contributed by atoms with van der Waals surface area (Å²) in [6, 6.07) is 6.50. The van der Waals surface area contributed by atoms with Gasteiger partial charge in [0.2, 0.25) is 5.95 Å². The molecule has 4 N–H and O–H groups in total. The molecule has 0 saturated carbocycles. The minimum atomic E-state index is -0.204. The highest BCUT2D eigenvalue weighted by Crippen LogP contribution is 2.30. The first-order chi connectivity index (χ1) is 12.1. The second-order valence-corrected chi connectivity index (χ2v) is 9.73. The normalized spacial score (nSPS) is 19.9. The lowest BCUT2D eigenvalue weighted by atomic mass is 9.88. The van der Waals surface area contributed by atoms with Crippen LogP contribution in [0.1, 0.15) is 45.4 Å². The summed E-state index contributed by atoms with van der Waals surface area (Å²) >= 11 is 1.75. The van der Waals surface area contributed by atoms with Gasteiger partial charge in [0.25, 0.3) is 0 Å². The van der Waals surface area contributed by atoms with Gasteiger partial charge in [-0.3, -0.25) is 0 Å². The van der Waals surface area contributed by atoms with Crippen molar-refractivity contribution in [1.82, 2.24) is 15.3 Å². The van der Waals surface area contributed by atoms with Crippen LogP contribution >= 0.6 is 11.3 Å². The highest BCUT2D eigenvalue weighted by molar-refractivity contribution is 7.15. The third-order valence-corrected chi connectivity index (χ3v) is 5.41. The maximum Gasteiger partial charge on any atom is 0.223 e. The monoisotopic (exact) mass is 371 g/mol. The fraction of sp³-hybridized carbons (Fsp3) is 0.500. The second-order valence-electron chi connectivity index (χ2n) is 8.56. The summed E-state index contributed by atoms with van der Waals surface area (Å²) in [6.45, 7) is 12.6. The minimum absolute atomic E-state index is 0.0301. The van der Waals surface area contributed by atoms with Crippen molar-refractivity contribution in [3.05, 3.63) is 41.5 Å². The van der Waals surface area contributed by atoms with E-state index in [-0.39, 0.29) is 17.1 Å². The van der Waals surface area contributed by atoms with Gasteiger partial charge in [-0.25, -0.2) is 9.97 Å². The number of anilines is 1. The minimum Gasteiger partial charge on any atom is -0.384 e. The summed E-state index contributed by atoms with van der Waals surface area (Å²) < 4.78 is 0. The van der Waals surface area contributed by atoms with Crippen molar-refractivity contribution < 1.29 is 0 Å². The van der Waals surface area contributed by atoms with E-state index in [1.165, 1.54) is 4.88 Å². The lowest BCUT2D eigenvalue weighted by molar-refractivity contribution is 0.324. The smallest absolute Gasteiger partial charge is 0.223 e. The predicted molar refractivity (Wildman–Crippen MR) is 110 cm³/mol. The van der Waals surface area contributed by atoms with Crippen LogP contribution in [0.2, 0.25) is 0 Å². The summed E-state index contributed by atoms with van der Waals surface area (Å²) in [4.78, 5) is 11.6. The molecule has 140 valence electrons. The molecule has 0 amide bonds. The number of nitrogens with one attached hydrogen (secondary N) is 2. The molecule has 3 heterocycles. The molecule has 0 radical (unpaired) electrons. The lowest BCUT2D eigenvalue weighted by Gasteiger charge is -2.38. The largest absolute Gasteiger partial charge is 0.384 e. The number of nitrogens with zero attached hydrogens (tertiary/aromatic N) is 2. The van der Waals surface area contributed by atoms with Gasteiger partial charge in [-0.1, -0.05) is 6.58 Å². The molecule has 2 aromatic rings. The Morgan fingerprint density at radius 2 is 2.15 bits per heavy atom. The Kier molecular flexibility index (Phi) is 5.08. The maximum absolute atomic E-state index is 6.14. The number of hydrogen-bond donors (Lipinski definition) is 3. The molecule has 1 atom stereocenters. The van der Waals surface area contributed by atoms with E-state index >= 15 is 0 Å². The molecule has 0 aromatic carbocycles. The standard InChI is InChI=1S/C20H29N5S/c1-13-10-14(11-20(4,5)25-13)23-18-22-9-8-16(24-18)17-7-6-15(26-17)12-19(2,3)21/h6-9,14,25H,1,10-12,21H2,2-5H3,(H,22,23,24). The van der Waals surface area contributed by atoms with Gasteiger partial charge >= 0.3 is 0 Å². The van der Waals surface area contributed by atoms with Crippen LogP contribution in [0.3, 0.4) is 0 Å². The van der Waals surface area contributed by atoms with Gasteiger partial charge in [0.05, 0.1) is 10.6 Å². The van der Waals surface area contributed by atoms with E-state index in [2.05, 4.69) is 48.2 Å². The van der Waals surface area contributed by atoms with Crippen LogP contribution in [0.5, 0.6) is 0 Å². The molecule has 1 saturated heterocycles. The van der Waals surface area contributed by atoms with E-state index in [0.717, 1.165) is 35.5 Å². The highest BCUT2D eigenvalue weighted by Gasteiger charge is 2.29. The molecule has 1 aliphatic rings. The van der Waals surface area contributed by atoms with Gasteiger partial charge in [0, 0.05) is 40.3 Å². The summed E-state index contributed by atoms with van der Waals surface area (Å²) in [6.07, 6.45) is 4.55. The average Bonchev–Trinajstić information content (AvgIpc) is 2.91. The quantitative estimate of drug-likeness (QED) is 0.742. The van der Waals surface area contributed by atoms with Crippen LogP contribution in [-0.4, -0.2) is 27.1 Å². The zero-order valence-corrected chi connectivity index (χ0v) is 16.9.